The predicted molar refractivity (Wildman–Crippen MR) is 56.6 cm³/mol. The smallest absolute Gasteiger partial charge is 0.173 e. The van der Waals surface area contributed by atoms with Gasteiger partial charge in [-0.1, -0.05) is 0 Å². The van der Waals surface area contributed by atoms with E-state index in [0.29, 0.717) is 5.82 Å². The maximum atomic E-state index is 8.63. The summed E-state index contributed by atoms with van der Waals surface area (Å²) in [6.07, 6.45) is 6.49. The van der Waals surface area contributed by atoms with E-state index < -0.39 is 0 Å². The molecule has 0 atom stereocenters. The highest BCUT2D eigenvalue weighted by Crippen LogP contribution is 2.06. The number of rotatable bonds is 1. The Morgan fingerprint density at radius 2 is 2.21 bits per heavy atom. The monoisotopic (exact) mass is 297 g/mol. The summed E-state index contributed by atoms with van der Waals surface area (Å²) < 4.78 is 2.59. The van der Waals surface area contributed by atoms with Crippen LogP contribution >= 0.6 is 22.6 Å². The topological polar surface area (TPSA) is 67.4 Å². The fourth-order valence-electron chi connectivity index (χ4n) is 0.946. The zero-order valence-electron chi connectivity index (χ0n) is 6.92. The number of hydrogen-bond acceptors (Lipinski definition) is 4. The number of aromatic nitrogens is 4. The average Bonchev–Trinajstić information content (AvgIpc) is 2.65. The normalized spacial score (nSPS) is 9.71. The number of hydrogen-bond donors (Lipinski definition) is 0. The van der Waals surface area contributed by atoms with Gasteiger partial charge in [-0.15, -0.1) is 0 Å². The molecule has 0 spiro atoms. The molecule has 6 heteroatoms. The molecule has 2 rings (SSSR count). The van der Waals surface area contributed by atoms with E-state index >= 15 is 0 Å². The Morgan fingerprint density at radius 3 is 2.86 bits per heavy atom. The van der Waals surface area contributed by atoms with Gasteiger partial charge in [0.1, 0.15) is 6.07 Å². The van der Waals surface area contributed by atoms with Crippen LogP contribution in [0.3, 0.4) is 0 Å². The van der Waals surface area contributed by atoms with Gasteiger partial charge >= 0.3 is 0 Å². The Bertz CT molecular complexity index is 498. The highest BCUT2D eigenvalue weighted by Gasteiger charge is 2.01. The van der Waals surface area contributed by atoms with Crippen LogP contribution in [0.5, 0.6) is 0 Å². The molecule has 0 saturated carbocycles. The second-order valence-electron chi connectivity index (χ2n) is 2.48. The molecule has 0 radical (unpaired) electrons. The molecule has 0 aromatic carbocycles. The highest BCUT2D eigenvalue weighted by molar-refractivity contribution is 14.1. The summed E-state index contributed by atoms with van der Waals surface area (Å²) in [5, 5.41) is 12.7. The third kappa shape index (κ3) is 1.72. The quantitative estimate of drug-likeness (QED) is 0.740. The van der Waals surface area contributed by atoms with E-state index in [1.165, 1.54) is 6.20 Å². The van der Waals surface area contributed by atoms with E-state index in [1.807, 2.05) is 12.3 Å². The molecule has 2 heterocycles. The first-order valence-corrected chi connectivity index (χ1v) is 4.80. The molecule has 0 fully saturated rings. The number of nitriles is 1. The van der Waals surface area contributed by atoms with Crippen LogP contribution in [0.2, 0.25) is 0 Å². The lowest BCUT2D eigenvalue weighted by molar-refractivity contribution is 0.834. The average molecular weight is 297 g/mol. The lowest BCUT2D eigenvalue weighted by Crippen LogP contribution is -2.00. The number of nitrogens with zero attached hydrogens (tertiary/aromatic N) is 5. The molecule has 0 bridgehead atoms. The summed E-state index contributed by atoms with van der Waals surface area (Å²) in [7, 11) is 0. The molecule has 0 aliphatic heterocycles. The van der Waals surface area contributed by atoms with Crippen LogP contribution in [0, 0.1) is 14.9 Å². The zero-order chi connectivity index (χ0) is 9.97. The van der Waals surface area contributed by atoms with E-state index in [-0.39, 0.29) is 5.69 Å². The van der Waals surface area contributed by atoms with Crippen molar-refractivity contribution in [3.63, 3.8) is 0 Å². The first kappa shape index (κ1) is 9.08. The summed E-state index contributed by atoms with van der Waals surface area (Å²) >= 11 is 2.15. The second kappa shape index (κ2) is 3.71. The molecule has 2 aromatic rings. The van der Waals surface area contributed by atoms with Crippen molar-refractivity contribution < 1.29 is 0 Å². The van der Waals surface area contributed by atoms with Crippen molar-refractivity contribution in [1.29, 1.82) is 5.26 Å². The van der Waals surface area contributed by atoms with Crippen LogP contribution in [0.15, 0.2) is 24.8 Å². The van der Waals surface area contributed by atoms with Crippen molar-refractivity contribution >= 4 is 22.6 Å². The molecule has 0 amide bonds. The largest absolute Gasteiger partial charge is 0.258 e. The van der Waals surface area contributed by atoms with Gasteiger partial charge in [0.25, 0.3) is 0 Å². The second-order valence-corrected chi connectivity index (χ2v) is 3.72. The van der Waals surface area contributed by atoms with Gasteiger partial charge < -0.3 is 0 Å². The van der Waals surface area contributed by atoms with Gasteiger partial charge in [0.05, 0.1) is 22.2 Å². The summed E-state index contributed by atoms with van der Waals surface area (Å²) in [4.78, 5) is 7.94. The first-order chi connectivity index (χ1) is 6.79. The van der Waals surface area contributed by atoms with Gasteiger partial charge in [0.15, 0.2) is 11.5 Å². The summed E-state index contributed by atoms with van der Waals surface area (Å²) in [5.74, 6) is 0.548. The van der Waals surface area contributed by atoms with Crippen LogP contribution in [-0.4, -0.2) is 19.7 Å². The van der Waals surface area contributed by atoms with Crippen molar-refractivity contribution in [3.05, 3.63) is 34.1 Å². The van der Waals surface area contributed by atoms with Gasteiger partial charge in [-0.3, -0.25) is 4.98 Å². The van der Waals surface area contributed by atoms with Crippen molar-refractivity contribution in [2.75, 3.05) is 0 Å². The van der Waals surface area contributed by atoms with Crippen LogP contribution < -0.4 is 0 Å². The van der Waals surface area contributed by atoms with E-state index in [9.17, 15) is 0 Å². The van der Waals surface area contributed by atoms with E-state index in [2.05, 4.69) is 37.7 Å². The molecule has 0 aliphatic rings. The molecule has 0 aliphatic carbocycles. The van der Waals surface area contributed by atoms with Crippen LogP contribution in [-0.2, 0) is 0 Å². The Labute approximate surface area is 93.6 Å². The van der Waals surface area contributed by atoms with E-state index in [4.69, 9.17) is 5.26 Å². The van der Waals surface area contributed by atoms with Crippen molar-refractivity contribution in [2.24, 2.45) is 0 Å². The minimum absolute atomic E-state index is 0.285. The van der Waals surface area contributed by atoms with Gasteiger partial charge in [0, 0.05) is 6.20 Å². The first-order valence-electron chi connectivity index (χ1n) is 3.72. The fraction of sp³-hybridized carbons (Fsp3) is 0. The minimum atomic E-state index is 0.285. The lowest BCUT2D eigenvalue weighted by Gasteiger charge is -1.97. The van der Waals surface area contributed by atoms with E-state index in [1.54, 1.807) is 17.1 Å². The minimum Gasteiger partial charge on any atom is -0.258 e. The molecule has 0 saturated heterocycles. The number of halogens is 1. The Balaban J connectivity index is 2.47. The molecule has 14 heavy (non-hydrogen) atoms. The standard InChI is InChI=1S/C8H4IN5/c9-6-2-12-14(5-6)8-4-11-3-7(1-10)13-8/h2-5H. The van der Waals surface area contributed by atoms with Gasteiger partial charge in [0.2, 0.25) is 0 Å². The molecule has 68 valence electrons. The highest BCUT2D eigenvalue weighted by atomic mass is 127. The SMILES string of the molecule is N#Cc1cncc(-n2cc(I)cn2)n1. The third-order valence-corrected chi connectivity index (χ3v) is 2.08. The molecule has 2 aromatic heterocycles. The molecule has 0 unspecified atom stereocenters. The Kier molecular flexibility index (Phi) is 2.41. The van der Waals surface area contributed by atoms with Crippen LogP contribution in [0.25, 0.3) is 5.82 Å². The van der Waals surface area contributed by atoms with Gasteiger partial charge in [-0.05, 0) is 22.6 Å². The molecular weight excluding hydrogens is 293 g/mol. The van der Waals surface area contributed by atoms with Crippen molar-refractivity contribution in [1.82, 2.24) is 19.7 Å². The zero-order valence-corrected chi connectivity index (χ0v) is 9.08. The molecule has 5 nitrogen and oxygen atoms in total. The Hall–Kier alpha value is -1.49. The van der Waals surface area contributed by atoms with E-state index in [0.717, 1.165) is 3.57 Å². The molecule has 0 N–H and O–H groups in total. The van der Waals surface area contributed by atoms with Gasteiger partial charge in [-0.25, -0.2) is 9.67 Å². The third-order valence-electron chi connectivity index (χ3n) is 1.52. The lowest BCUT2D eigenvalue weighted by atomic mass is 10.5. The fourth-order valence-corrected chi connectivity index (χ4v) is 1.33. The van der Waals surface area contributed by atoms with Crippen molar-refractivity contribution in [3.8, 4) is 11.9 Å². The Morgan fingerprint density at radius 1 is 1.36 bits per heavy atom. The summed E-state index contributed by atoms with van der Waals surface area (Å²) in [6, 6.07) is 1.93. The predicted octanol–water partition coefficient (Wildman–Crippen LogP) is 1.14. The van der Waals surface area contributed by atoms with Crippen LogP contribution in [0.4, 0.5) is 0 Å². The van der Waals surface area contributed by atoms with Crippen molar-refractivity contribution in [2.45, 2.75) is 0 Å². The van der Waals surface area contributed by atoms with Crippen LogP contribution in [0.1, 0.15) is 5.69 Å². The van der Waals surface area contributed by atoms with Gasteiger partial charge in [-0.2, -0.15) is 10.4 Å². The summed E-state index contributed by atoms with van der Waals surface area (Å²) in [5.41, 5.74) is 0.285. The molecular formula is C8H4IN5. The maximum absolute atomic E-state index is 8.63. The summed E-state index contributed by atoms with van der Waals surface area (Å²) in [6.45, 7) is 0. The maximum Gasteiger partial charge on any atom is 0.173 e.